The predicted molar refractivity (Wildman–Crippen MR) is 56.2 cm³/mol. The van der Waals surface area contributed by atoms with Crippen LogP contribution in [0.3, 0.4) is 0 Å². The number of aliphatic carboxylic acids is 1. The first-order valence-electron chi connectivity index (χ1n) is 5.15. The number of rotatable bonds is 3. The lowest BCUT2D eigenvalue weighted by Crippen LogP contribution is -2.05. The summed E-state index contributed by atoms with van der Waals surface area (Å²) in [5, 5.41) is 8.59. The Bertz CT molecular complexity index is 384. The molecule has 0 bridgehead atoms. The number of hydrogen-bond donors (Lipinski definition) is 1. The third kappa shape index (κ3) is 2.29. The molecule has 0 amide bonds. The molecule has 1 aromatic rings. The lowest BCUT2D eigenvalue weighted by atomic mass is 10.0. The van der Waals surface area contributed by atoms with Crippen LogP contribution in [0.5, 0.6) is 5.75 Å². The third-order valence-corrected chi connectivity index (χ3v) is 2.59. The third-order valence-electron chi connectivity index (χ3n) is 2.59. The molecule has 0 unspecified atom stereocenters. The van der Waals surface area contributed by atoms with Crippen LogP contribution in [-0.4, -0.2) is 17.2 Å². The van der Waals surface area contributed by atoms with Crippen molar-refractivity contribution in [2.24, 2.45) is 0 Å². The van der Waals surface area contributed by atoms with Gasteiger partial charge in [0.05, 0.1) is 0 Å². The van der Waals surface area contributed by atoms with E-state index in [1.165, 1.54) is 5.56 Å². The summed E-state index contributed by atoms with van der Waals surface area (Å²) in [6, 6.07) is 5.94. The van der Waals surface area contributed by atoms with E-state index >= 15 is 0 Å². The molecule has 0 saturated carbocycles. The maximum atomic E-state index is 10.4. The highest BCUT2D eigenvalue weighted by Gasteiger charge is 2.18. The van der Waals surface area contributed by atoms with Gasteiger partial charge in [-0.25, -0.2) is 0 Å². The van der Waals surface area contributed by atoms with E-state index in [-0.39, 0.29) is 12.5 Å². The number of benzene rings is 1. The molecule has 0 aromatic heterocycles. The van der Waals surface area contributed by atoms with Crippen molar-refractivity contribution in [3.8, 4) is 5.75 Å². The smallest absolute Gasteiger partial charge is 0.303 e. The van der Waals surface area contributed by atoms with Gasteiger partial charge in [0.15, 0.2) is 0 Å². The molecule has 1 N–H and O–H groups in total. The zero-order valence-corrected chi connectivity index (χ0v) is 8.69. The van der Waals surface area contributed by atoms with Gasteiger partial charge >= 0.3 is 5.97 Å². The average molecular weight is 206 g/mol. The van der Waals surface area contributed by atoms with E-state index in [4.69, 9.17) is 9.84 Å². The summed E-state index contributed by atoms with van der Waals surface area (Å²) in [5.74, 6) is 0.196. The Kier molecular flexibility index (Phi) is 2.62. The maximum Gasteiger partial charge on any atom is 0.303 e. The zero-order chi connectivity index (χ0) is 10.8. The Hall–Kier alpha value is -1.51. The summed E-state index contributed by atoms with van der Waals surface area (Å²) < 4.78 is 5.57. The Morgan fingerprint density at radius 3 is 3.13 bits per heavy atom. The molecule has 1 heterocycles. The van der Waals surface area contributed by atoms with Gasteiger partial charge in [-0.3, -0.25) is 4.79 Å². The lowest BCUT2D eigenvalue weighted by molar-refractivity contribution is -0.136. The molecular weight excluding hydrogens is 192 g/mol. The Balaban J connectivity index is 2.09. The summed E-state index contributed by atoms with van der Waals surface area (Å²) in [7, 11) is 0. The first-order valence-corrected chi connectivity index (χ1v) is 5.15. The van der Waals surface area contributed by atoms with Gasteiger partial charge in [-0.2, -0.15) is 0 Å². The molecule has 0 fully saturated rings. The summed E-state index contributed by atoms with van der Waals surface area (Å²) in [6.07, 6.45) is 1.96. The quantitative estimate of drug-likeness (QED) is 0.823. The second-order valence-electron chi connectivity index (χ2n) is 3.97. The van der Waals surface area contributed by atoms with Gasteiger partial charge in [0.25, 0.3) is 0 Å². The van der Waals surface area contributed by atoms with Gasteiger partial charge in [-0.05, 0) is 30.5 Å². The highest BCUT2D eigenvalue weighted by atomic mass is 16.5. The van der Waals surface area contributed by atoms with Crippen LogP contribution in [0.2, 0.25) is 0 Å². The summed E-state index contributed by atoms with van der Waals surface area (Å²) in [4.78, 5) is 10.4. The normalized spacial score (nSPS) is 18.3. The van der Waals surface area contributed by atoms with Gasteiger partial charge < -0.3 is 9.84 Å². The molecule has 0 spiro atoms. The molecule has 2 rings (SSSR count). The molecule has 1 aliphatic heterocycles. The highest BCUT2D eigenvalue weighted by molar-refractivity contribution is 5.67. The number of carbonyl (C=O) groups is 1. The van der Waals surface area contributed by atoms with Crippen LogP contribution in [0.15, 0.2) is 18.2 Å². The summed E-state index contributed by atoms with van der Waals surface area (Å²) in [5.41, 5.74) is 2.28. The van der Waals surface area contributed by atoms with Gasteiger partial charge in [0.2, 0.25) is 0 Å². The Labute approximate surface area is 88.7 Å². The molecule has 1 atom stereocenters. The number of ether oxygens (including phenoxy) is 1. The van der Waals surface area contributed by atoms with Crippen molar-refractivity contribution in [1.82, 2.24) is 0 Å². The van der Waals surface area contributed by atoms with Crippen LogP contribution in [0.1, 0.15) is 24.5 Å². The average Bonchev–Trinajstić information content (AvgIpc) is 2.53. The van der Waals surface area contributed by atoms with Crippen LogP contribution in [0.4, 0.5) is 0 Å². The minimum Gasteiger partial charge on any atom is -0.490 e. The number of carboxylic acid groups (broad SMARTS) is 1. The molecule has 3 nitrogen and oxygen atoms in total. The molecule has 80 valence electrons. The summed E-state index contributed by atoms with van der Waals surface area (Å²) in [6.45, 7) is 2.04. The number of fused-ring (bicyclic) bond motifs is 1. The van der Waals surface area contributed by atoms with E-state index in [2.05, 4.69) is 6.07 Å². The number of hydrogen-bond acceptors (Lipinski definition) is 2. The minimum absolute atomic E-state index is 0.190. The predicted octanol–water partition coefficient (Wildman–Crippen LogP) is 2.03. The van der Waals surface area contributed by atoms with Crippen molar-refractivity contribution in [3.05, 3.63) is 29.3 Å². The van der Waals surface area contributed by atoms with Gasteiger partial charge in [0.1, 0.15) is 11.9 Å². The van der Waals surface area contributed by atoms with Gasteiger partial charge in [0, 0.05) is 12.8 Å². The molecule has 0 aliphatic carbocycles. The molecule has 0 radical (unpaired) electrons. The zero-order valence-electron chi connectivity index (χ0n) is 8.69. The van der Waals surface area contributed by atoms with E-state index in [1.54, 1.807) is 0 Å². The van der Waals surface area contributed by atoms with Crippen molar-refractivity contribution in [3.63, 3.8) is 0 Å². The monoisotopic (exact) mass is 206 g/mol. The SMILES string of the molecule is C[C@H]1Cc2cc(CCC(=O)O)ccc2O1. The van der Waals surface area contributed by atoms with Gasteiger partial charge in [-0.15, -0.1) is 0 Å². The topological polar surface area (TPSA) is 46.5 Å². The second kappa shape index (κ2) is 3.93. The van der Waals surface area contributed by atoms with E-state index in [1.807, 2.05) is 19.1 Å². The molecule has 15 heavy (non-hydrogen) atoms. The van der Waals surface area contributed by atoms with Crippen molar-refractivity contribution in [1.29, 1.82) is 0 Å². The van der Waals surface area contributed by atoms with Crippen LogP contribution in [-0.2, 0) is 17.6 Å². The molecular formula is C12H14O3. The summed E-state index contributed by atoms with van der Waals surface area (Å²) >= 11 is 0. The van der Waals surface area contributed by atoms with Crippen LogP contribution in [0.25, 0.3) is 0 Å². The fourth-order valence-corrected chi connectivity index (χ4v) is 1.88. The fraction of sp³-hybridized carbons (Fsp3) is 0.417. The molecule has 1 aromatic carbocycles. The van der Waals surface area contributed by atoms with E-state index in [9.17, 15) is 4.79 Å². The number of aryl methyl sites for hydroxylation is 1. The molecule has 1 aliphatic rings. The van der Waals surface area contributed by atoms with Crippen molar-refractivity contribution in [2.75, 3.05) is 0 Å². The Morgan fingerprint density at radius 1 is 1.60 bits per heavy atom. The van der Waals surface area contributed by atoms with E-state index in [0.29, 0.717) is 6.42 Å². The second-order valence-corrected chi connectivity index (χ2v) is 3.97. The lowest BCUT2D eigenvalue weighted by Gasteiger charge is -2.03. The van der Waals surface area contributed by atoms with Crippen molar-refractivity contribution < 1.29 is 14.6 Å². The number of carboxylic acids is 1. The van der Waals surface area contributed by atoms with Crippen molar-refractivity contribution in [2.45, 2.75) is 32.3 Å². The van der Waals surface area contributed by atoms with Crippen LogP contribution in [0, 0.1) is 0 Å². The first-order chi connectivity index (χ1) is 7.15. The molecule has 3 heteroatoms. The minimum atomic E-state index is -0.750. The van der Waals surface area contributed by atoms with Crippen molar-refractivity contribution >= 4 is 5.97 Å². The first kappa shape index (κ1) is 10.0. The van der Waals surface area contributed by atoms with Gasteiger partial charge in [-0.1, -0.05) is 12.1 Å². The van der Waals surface area contributed by atoms with Crippen LogP contribution < -0.4 is 4.74 Å². The molecule has 0 saturated heterocycles. The largest absolute Gasteiger partial charge is 0.490 e. The van der Waals surface area contributed by atoms with E-state index in [0.717, 1.165) is 17.7 Å². The van der Waals surface area contributed by atoms with Crippen LogP contribution >= 0.6 is 0 Å². The van der Waals surface area contributed by atoms with E-state index < -0.39 is 5.97 Å². The maximum absolute atomic E-state index is 10.4. The fourth-order valence-electron chi connectivity index (χ4n) is 1.88. The Morgan fingerprint density at radius 2 is 2.40 bits per heavy atom. The standard InChI is InChI=1S/C12H14O3/c1-8-6-10-7-9(3-5-12(13)14)2-4-11(10)15-8/h2,4,7-8H,3,5-6H2,1H3,(H,13,14)/t8-/m0/s1. The highest BCUT2D eigenvalue weighted by Crippen LogP contribution is 2.29.